The van der Waals surface area contributed by atoms with Gasteiger partial charge in [-0.25, -0.2) is 9.78 Å². The number of carboxylic acids is 1. The zero-order chi connectivity index (χ0) is 17.6. The first-order chi connectivity index (χ1) is 12.1. The largest absolute Gasteiger partial charge is 0.482 e. The molecule has 0 bridgehead atoms. The zero-order valence-corrected chi connectivity index (χ0v) is 14.2. The molecule has 7 nitrogen and oxygen atoms in total. The van der Waals surface area contributed by atoms with Gasteiger partial charge in [-0.15, -0.1) is 0 Å². The molecule has 1 aromatic heterocycles. The number of rotatable bonds is 7. The molecule has 1 fully saturated rings. The second-order valence-electron chi connectivity index (χ2n) is 6.08. The molecule has 2 aromatic rings. The van der Waals surface area contributed by atoms with Gasteiger partial charge in [-0.1, -0.05) is 0 Å². The SMILES string of the molecule is CN(Cc1ncc(C2CCOCC2)o1)c1ccc(OCC(=O)O)cc1. The maximum atomic E-state index is 10.5. The Morgan fingerprint density at radius 1 is 1.32 bits per heavy atom. The maximum Gasteiger partial charge on any atom is 0.341 e. The number of nitrogens with zero attached hydrogens (tertiary/aromatic N) is 2. The van der Waals surface area contributed by atoms with Crippen LogP contribution >= 0.6 is 0 Å². The van der Waals surface area contributed by atoms with Gasteiger partial charge in [0.15, 0.2) is 6.61 Å². The highest BCUT2D eigenvalue weighted by Crippen LogP contribution is 2.28. The smallest absolute Gasteiger partial charge is 0.341 e. The Labute approximate surface area is 146 Å². The molecule has 1 aliphatic rings. The maximum absolute atomic E-state index is 10.5. The molecule has 0 spiro atoms. The minimum atomic E-state index is -0.995. The van der Waals surface area contributed by atoms with Crippen LogP contribution in [0.3, 0.4) is 0 Å². The standard InChI is InChI=1S/C18H22N2O5/c1-20(14-2-4-15(5-3-14)24-12-18(21)22)11-17-19-10-16(25-17)13-6-8-23-9-7-13/h2-5,10,13H,6-9,11-12H2,1H3,(H,21,22). The van der Waals surface area contributed by atoms with Crippen LogP contribution in [0.4, 0.5) is 5.69 Å². The highest BCUT2D eigenvalue weighted by Gasteiger charge is 2.20. The molecule has 0 aliphatic carbocycles. The van der Waals surface area contributed by atoms with Gasteiger partial charge in [0, 0.05) is 31.9 Å². The van der Waals surface area contributed by atoms with Crippen molar-refractivity contribution in [1.82, 2.24) is 4.98 Å². The van der Waals surface area contributed by atoms with Crippen LogP contribution in [0.1, 0.15) is 30.4 Å². The summed E-state index contributed by atoms with van der Waals surface area (Å²) in [6.07, 6.45) is 3.77. The van der Waals surface area contributed by atoms with Crippen LogP contribution in [-0.4, -0.2) is 42.9 Å². The van der Waals surface area contributed by atoms with E-state index in [1.165, 1.54) is 0 Å². The van der Waals surface area contributed by atoms with Crippen molar-refractivity contribution in [1.29, 1.82) is 0 Å². The van der Waals surface area contributed by atoms with Gasteiger partial charge in [0.25, 0.3) is 0 Å². The van der Waals surface area contributed by atoms with Gasteiger partial charge in [0.1, 0.15) is 11.5 Å². The number of hydrogen-bond acceptors (Lipinski definition) is 6. The number of aliphatic carboxylic acids is 1. The van der Waals surface area contributed by atoms with Crippen molar-refractivity contribution in [3.63, 3.8) is 0 Å². The lowest BCUT2D eigenvalue weighted by atomic mass is 9.98. The van der Waals surface area contributed by atoms with Crippen molar-refractivity contribution in [2.45, 2.75) is 25.3 Å². The number of ether oxygens (including phenoxy) is 2. The highest BCUT2D eigenvalue weighted by molar-refractivity contribution is 5.68. The van der Waals surface area contributed by atoms with Crippen LogP contribution in [0.2, 0.25) is 0 Å². The van der Waals surface area contributed by atoms with Crippen LogP contribution in [0.25, 0.3) is 0 Å². The van der Waals surface area contributed by atoms with E-state index in [-0.39, 0.29) is 6.61 Å². The molecule has 1 N–H and O–H groups in total. The van der Waals surface area contributed by atoms with E-state index in [9.17, 15) is 4.79 Å². The Kier molecular flexibility index (Phi) is 5.55. The molecule has 1 saturated heterocycles. The number of oxazole rings is 1. The monoisotopic (exact) mass is 346 g/mol. The van der Waals surface area contributed by atoms with Crippen LogP contribution in [0.5, 0.6) is 5.75 Å². The molecule has 7 heteroatoms. The van der Waals surface area contributed by atoms with Gasteiger partial charge >= 0.3 is 5.97 Å². The fraction of sp³-hybridized carbons (Fsp3) is 0.444. The quantitative estimate of drug-likeness (QED) is 0.825. The molecule has 0 amide bonds. The van der Waals surface area contributed by atoms with Crippen molar-refractivity contribution < 1.29 is 23.8 Å². The predicted molar refractivity (Wildman–Crippen MR) is 91.0 cm³/mol. The molecule has 134 valence electrons. The van der Waals surface area contributed by atoms with Gasteiger partial charge in [0.05, 0.1) is 12.7 Å². The van der Waals surface area contributed by atoms with Crippen molar-refractivity contribution in [3.05, 3.63) is 42.1 Å². The first-order valence-electron chi connectivity index (χ1n) is 8.30. The average Bonchev–Trinajstić information content (AvgIpc) is 3.09. The Morgan fingerprint density at radius 3 is 2.72 bits per heavy atom. The van der Waals surface area contributed by atoms with E-state index in [0.29, 0.717) is 24.1 Å². The van der Waals surface area contributed by atoms with Gasteiger partial charge in [-0.2, -0.15) is 0 Å². The molecule has 0 saturated carbocycles. The summed E-state index contributed by atoms with van der Waals surface area (Å²) in [4.78, 5) is 16.9. The normalized spacial score (nSPS) is 15.1. The summed E-state index contributed by atoms with van der Waals surface area (Å²) in [6.45, 7) is 1.76. The first kappa shape index (κ1) is 17.3. The molecule has 2 heterocycles. The Morgan fingerprint density at radius 2 is 2.04 bits per heavy atom. The predicted octanol–water partition coefficient (Wildman–Crippen LogP) is 2.67. The molecule has 0 radical (unpaired) electrons. The van der Waals surface area contributed by atoms with Crippen LogP contribution in [-0.2, 0) is 16.1 Å². The van der Waals surface area contributed by atoms with E-state index < -0.39 is 5.97 Å². The summed E-state index contributed by atoms with van der Waals surface area (Å²) in [6, 6.07) is 7.24. The van der Waals surface area contributed by atoms with Gasteiger partial charge in [-0.05, 0) is 37.1 Å². The van der Waals surface area contributed by atoms with Crippen molar-refractivity contribution >= 4 is 11.7 Å². The zero-order valence-electron chi connectivity index (χ0n) is 14.2. The topological polar surface area (TPSA) is 85.0 Å². The Balaban J connectivity index is 1.57. The summed E-state index contributed by atoms with van der Waals surface area (Å²) in [5.41, 5.74) is 0.966. The van der Waals surface area contributed by atoms with E-state index in [0.717, 1.165) is 37.5 Å². The number of carbonyl (C=O) groups is 1. The van der Waals surface area contributed by atoms with Gasteiger partial charge in [-0.3, -0.25) is 0 Å². The third kappa shape index (κ3) is 4.73. The molecule has 0 unspecified atom stereocenters. The van der Waals surface area contributed by atoms with Gasteiger partial charge < -0.3 is 23.9 Å². The average molecular weight is 346 g/mol. The van der Waals surface area contributed by atoms with E-state index in [4.69, 9.17) is 19.0 Å². The molecular formula is C18H22N2O5. The number of hydrogen-bond donors (Lipinski definition) is 1. The summed E-state index contributed by atoms with van der Waals surface area (Å²) in [5.74, 6) is 1.54. The Bertz CT molecular complexity index is 692. The van der Waals surface area contributed by atoms with E-state index >= 15 is 0 Å². The van der Waals surface area contributed by atoms with Crippen LogP contribution in [0, 0.1) is 0 Å². The van der Waals surface area contributed by atoms with E-state index in [1.54, 1.807) is 12.1 Å². The lowest BCUT2D eigenvalue weighted by Gasteiger charge is -2.20. The molecule has 1 aromatic carbocycles. The van der Waals surface area contributed by atoms with E-state index in [1.807, 2.05) is 30.3 Å². The third-order valence-electron chi connectivity index (χ3n) is 4.21. The molecule has 1 aliphatic heterocycles. The summed E-state index contributed by atoms with van der Waals surface area (Å²) in [5, 5.41) is 8.62. The lowest BCUT2D eigenvalue weighted by molar-refractivity contribution is -0.139. The van der Waals surface area contributed by atoms with E-state index in [2.05, 4.69) is 4.98 Å². The molecule has 3 rings (SSSR count). The minimum absolute atomic E-state index is 0.347. The summed E-state index contributed by atoms with van der Waals surface area (Å²) < 4.78 is 16.4. The summed E-state index contributed by atoms with van der Waals surface area (Å²) in [7, 11) is 1.95. The summed E-state index contributed by atoms with van der Waals surface area (Å²) >= 11 is 0. The number of aromatic nitrogens is 1. The van der Waals surface area contributed by atoms with Crippen LogP contribution in [0.15, 0.2) is 34.9 Å². The number of anilines is 1. The molecule has 25 heavy (non-hydrogen) atoms. The fourth-order valence-electron chi connectivity index (χ4n) is 2.80. The number of carboxylic acid groups (broad SMARTS) is 1. The highest BCUT2D eigenvalue weighted by atomic mass is 16.5. The molecular weight excluding hydrogens is 324 g/mol. The molecule has 0 atom stereocenters. The second kappa shape index (κ2) is 8.02. The third-order valence-corrected chi connectivity index (χ3v) is 4.21. The van der Waals surface area contributed by atoms with Crippen LogP contribution < -0.4 is 9.64 Å². The first-order valence-corrected chi connectivity index (χ1v) is 8.30. The van der Waals surface area contributed by atoms with Crippen molar-refractivity contribution in [3.8, 4) is 5.75 Å². The van der Waals surface area contributed by atoms with Gasteiger partial charge in [0.2, 0.25) is 5.89 Å². The lowest BCUT2D eigenvalue weighted by Crippen LogP contribution is -2.16. The van der Waals surface area contributed by atoms with Crippen molar-refractivity contribution in [2.75, 3.05) is 31.8 Å². The Hall–Kier alpha value is -2.54. The van der Waals surface area contributed by atoms with Crippen molar-refractivity contribution in [2.24, 2.45) is 0 Å². The second-order valence-corrected chi connectivity index (χ2v) is 6.08. The fourth-order valence-corrected chi connectivity index (χ4v) is 2.80. The minimum Gasteiger partial charge on any atom is -0.482 e. The number of benzene rings is 1.